The van der Waals surface area contributed by atoms with Crippen LogP contribution in [0.2, 0.25) is 0 Å². The van der Waals surface area contributed by atoms with Crippen molar-refractivity contribution in [2.75, 3.05) is 13.2 Å². The normalized spacial score (nSPS) is 15.5. The molecule has 0 saturated heterocycles. The fourth-order valence-electron chi connectivity index (χ4n) is 2.73. The average molecular weight is 317 g/mol. The van der Waals surface area contributed by atoms with Crippen molar-refractivity contribution in [1.29, 1.82) is 0 Å². The second kappa shape index (κ2) is 8.95. The molecule has 1 aromatic carbocycles. The molecule has 128 valence electrons. The number of benzene rings is 1. The number of para-hydroxylation sites is 1. The Morgan fingerprint density at radius 1 is 1.26 bits per heavy atom. The Morgan fingerprint density at radius 2 is 2.00 bits per heavy atom. The molecule has 1 atom stereocenters. The molecule has 1 unspecified atom stereocenters. The Balaban J connectivity index is 1.69. The zero-order chi connectivity index (χ0) is 16.7. The van der Waals surface area contributed by atoms with Crippen LogP contribution in [0.3, 0.4) is 0 Å². The standard InChI is InChI=1S/C20H31NO2/c1-15(2)14-23-19-9-5-4-7-18(19)8-6-12-21-20(22)16(3)13-17-10-11-17/h4-5,7,9,15-17H,6,8,10-14H2,1-3H3,(H,21,22). The highest BCUT2D eigenvalue weighted by Gasteiger charge is 2.26. The van der Waals surface area contributed by atoms with Crippen molar-refractivity contribution < 1.29 is 9.53 Å². The van der Waals surface area contributed by atoms with Crippen LogP contribution in [0.1, 0.15) is 52.0 Å². The number of hydrogen-bond acceptors (Lipinski definition) is 2. The van der Waals surface area contributed by atoms with Crippen LogP contribution in [0.25, 0.3) is 0 Å². The second-order valence-corrected chi connectivity index (χ2v) is 7.29. The fourth-order valence-corrected chi connectivity index (χ4v) is 2.73. The van der Waals surface area contributed by atoms with Crippen molar-refractivity contribution in [2.45, 2.75) is 52.9 Å². The van der Waals surface area contributed by atoms with Gasteiger partial charge in [-0.15, -0.1) is 0 Å². The third-order valence-corrected chi connectivity index (χ3v) is 4.30. The number of carbonyl (C=O) groups is 1. The first kappa shape index (κ1) is 17.8. The maximum Gasteiger partial charge on any atom is 0.222 e. The van der Waals surface area contributed by atoms with E-state index in [9.17, 15) is 4.79 Å². The molecular formula is C20H31NO2. The highest BCUT2D eigenvalue weighted by molar-refractivity contribution is 5.78. The predicted octanol–water partition coefficient (Wildman–Crippen LogP) is 4.21. The van der Waals surface area contributed by atoms with Gasteiger partial charge in [-0.1, -0.05) is 51.8 Å². The number of rotatable bonds is 10. The molecule has 0 aromatic heterocycles. The van der Waals surface area contributed by atoms with E-state index < -0.39 is 0 Å². The Morgan fingerprint density at radius 3 is 2.70 bits per heavy atom. The summed E-state index contributed by atoms with van der Waals surface area (Å²) in [5.74, 6) is 2.68. The molecule has 1 aromatic rings. The molecule has 1 aliphatic rings. The largest absolute Gasteiger partial charge is 0.493 e. The highest BCUT2D eigenvalue weighted by atomic mass is 16.5. The molecule has 1 saturated carbocycles. The molecule has 0 bridgehead atoms. The second-order valence-electron chi connectivity index (χ2n) is 7.29. The van der Waals surface area contributed by atoms with E-state index >= 15 is 0 Å². The Hall–Kier alpha value is -1.51. The molecule has 0 radical (unpaired) electrons. The number of amides is 1. The summed E-state index contributed by atoms with van der Waals surface area (Å²) < 4.78 is 5.88. The topological polar surface area (TPSA) is 38.3 Å². The van der Waals surface area contributed by atoms with Gasteiger partial charge in [-0.3, -0.25) is 4.79 Å². The molecule has 23 heavy (non-hydrogen) atoms. The summed E-state index contributed by atoms with van der Waals surface area (Å²) >= 11 is 0. The molecule has 2 rings (SSSR count). The van der Waals surface area contributed by atoms with Crippen LogP contribution in [0.15, 0.2) is 24.3 Å². The SMILES string of the molecule is CC(C)COc1ccccc1CCCNC(=O)C(C)CC1CC1. The first-order chi connectivity index (χ1) is 11.1. The Bertz CT molecular complexity index is 494. The first-order valence-corrected chi connectivity index (χ1v) is 9.04. The minimum absolute atomic E-state index is 0.157. The van der Waals surface area contributed by atoms with Crippen LogP contribution >= 0.6 is 0 Å². The average Bonchev–Trinajstić information content (AvgIpc) is 3.34. The van der Waals surface area contributed by atoms with Crippen LogP contribution in [0, 0.1) is 17.8 Å². The van der Waals surface area contributed by atoms with Gasteiger partial charge in [-0.2, -0.15) is 0 Å². The molecule has 0 spiro atoms. The molecule has 1 N–H and O–H groups in total. The molecule has 3 nitrogen and oxygen atoms in total. The number of hydrogen-bond donors (Lipinski definition) is 1. The van der Waals surface area contributed by atoms with E-state index in [1.165, 1.54) is 18.4 Å². The van der Waals surface area contributed by atoms with Gasteiger partial charge in [0.05, 0.1) is 6.61 Å². The molecule has 1 fully saturated rings. The maximum absolute atomic E-state index is 12.0. The van der Waals surface area contributed by atoms with E-state index in [2.05, 4.69) is 25.2 Å². The van der Waals surface area contributed by atoms with Gasteiger partial charge in [-0.05, 0) is 42.7 Å². The molecular weight excluding hydrogens is 286 g/mol. The van der Waals surface area contributed by atoms with Crippen LogP contribution in [0.5, 0.6) is 5.75 Å². The zero-order valence-corrected chi connectivity index (χ0v) is 14.8. The van der Waals surface area contributed by atoms with Gasteiger partial charge in [0.1, 0.15) is 5.75 Å². The first-order valence-electron chi connectivity index (χ1n) is 9.04. The van der Waals surface area contributed by atoms with Crippen molar-refractivity contribution in [1.82, 2.24) is 5.32 Å². The summed E-state index contributed by atoms with van der Waals surface area (Å²) in [7, 11) is 0. The summed E-state index contributed by atoms with van der Waals surface area (Å²) in [6.45, 7) is 7.84. The van der Waals surface area contributed by atoms with Crippen molar-refractivity contribution in [3.05, 3.63) is 29.8 Å². The number of ether oxygens (including phenoxy) is 1. The highest BCUT2D eigenvalue weighted by Crippen LogP contribution is 2.35. The minimum atomic E-state index is 0.157. The van der Waals surface area contributed by atoms with Gasteiger partial charge in [0.15, 0.2) is 0 Å². The van der Waals surface area contributed by atoms with E-state index in [4.69, 9.17) is 4.74 Å². The number of carbonyl (C=O) groups excluding carboxylic acids is 1. The minimum Gasteiger partial charge on any atom is -0.493 e. The molecule has 1 aliphatic carbocycles. The van der Waals surface area contributed by atoms with E-state index in [1.54, 1.807) is 0 Å². The van der Waals surface area contributed by atoms with E-state index in [0.29, 0.717) is 5.92 Å². The van der Waals surface area contributed by atoms with E-state index in [-0.39, 0.29) is 11.8 Å². The van der Waals surface area contributed by atoms with Gasteiger partial charge in [0.25, 0.3) is 0 Å². The van der Waals surface area contributed by atoms with Crippen LogP contribution in [-0.4, -0.2) is 19.1 Å². The summed E-state index contributed by atoms with van der Waals surface area (Å²) in [5, 5.41) is 3.08. The molecule has 0 aliphatic heterocycles. The summed E-state index contributed by atoms with van der Waals surface area (Å²) in [6.07, 6.45) is 5.56. The summed E-state index contributed by atoms with van der Waals surface area (Å²) in [5.41, 5.74) is 1.23. The fraction of sp³-hybridized carbons (Fsp3) is 0.650. The van der Waals surface area contributed by atoms with Crippen LogP contribution in [0.4, 0.5) is 0 Å². The lowest BCUT2D eigenvalue weighted by Gasteiger charge is -2.14. The van der Waals surface area contributed by atoms with Crippen molar-refractivity contribution in [3.63, 3.8) is 0 Å². The third-order valence-electron chi connectivity index (χ3n) is 4.30. The van der Waals surface area contributed by atoms with Crippen LogP contribution < -0.4 is 10.1 Å². The lowest BCUT2D eigenvalue weighted by atomic mass is 10.0. The van der Waals surface area contributed by atoms with Gasteiger partial charge in [-0.25, -0.2) is 0 Å². The zero-order valence-electron chi connectivity index (χ0n) is 14.8. The number of nitrogens with one attached hydrogen (secondary N) is 1. The predicted molar refractivity (Wildman–Crippen MR) is 94.6 cm³/mol. The van der Waals surface area contributed by atoms with Gasteiger partial charge in [0, 0.05) is 12.5 Å². The van der Waals surface area contributed by atoms with E-state index in [1.807, 2.05) is 25.1 Å². The van der Waals surface area contributed by atoms with Gasteiger partial charge in [0.2, 0.25) is 5.91 Å². The summed E-state index contributed by atoms with van der Waals surface area (Å²) in [6, 6.07) is 8.22. The van der Waals surface area contributed by atoms with Gasteiger partial charge < -0.3 is 10.1 Å². The van der Waals surface area contributed by atoms with Crippen LogP contribution in [-0.2, 0) is 11.2 Å². The smallest absolute Gasteiger partial charge is 0.222 e. The lowest BCUT2D eigenvalue weighted by Crippen LogP contribution is -2.30. The third kappa shape index (κ3) is 6.64. The summed E-state index contributed by atoms with van der Waals surface area (Å²) in [4.78, 5) is 12.0. The van der Waals surface area contributed by atoms with Crippen molar-refractivity contribution in [2.24, 2.45) is 17.8 Å². The lowest BCUT2D eigenvalue weighted by molar-refractivity contribution is -0.124. The molecule has 3 heteroatoms. The van der Waals surface area contributed by atoms with Crippen molar-refractivity contribution in [3.8, 4) is 5.75 Å². The molecule has 0 heterocycles. The Kier molecular flexibility index (Phi) is 6.94. The quantitative estimate of drug-likeness (QED) is 0.657. The Labute approximate surface area is 140 Å². The maximum atomic E-state index is 12.0. The van der Waals surface area contributed by atoms with E-state index in [0.717, 1.165) is 44.1 Å². The monoisotopic (exact) mass is 317 g/mol. The van der Waals surface area contributed by atoms with Crippen molar-refractivity contribution >= 4 is 5.91 Å². The molecule has 1 amide bonds. The number of aryl methyl sites for hydroxylation is 1. The van der Waals surface area contributed by atoms with Gasteiger partial charge >= 0.3 is 0 Å².